The minimum atomic E-state index is -4.32. The Morgan fingerprint density at radius 2 is 0.750 bits per heavy atom. The number of alkyl halides is 3. The molecule has 48 heteroatoms. The molecule has 0 radical (unpaired) electrons. The summed E-state index contributed by atoms with van der Waals surface area (Å²) in [7, 11) is -17.7. The van der Waals surface area contributed by atoms with Gasteiger partial charge in [0, 0.05) is 48.9 Å². The van der Waals surface area contributed by atoms with Gasteiger partial charge in [0.25, 0.3) is 22.4 Å². The van der Waals surface area contributed by atoms with Crippen molar-refractivity contribution in [3.8, 4) is 23.0 Å². The number of aromatic amines is 3. The van der Waals surface area contributed by atoms with Crippen LogP contribution in [0.15, 0.2) is 181 Å². The van der Waals surface area contributed by atoms with Crippen LogP contribution in [0.5, 0.6) is 23.0 Å². The van der Waals surface area contributed by atoms with E-state index in [1.165, 1.54) is 77.2 Å². The number of nitro groups is 1. The highest BCUT2D eigenvalue weighted by atomic mass is 31.2. The van der Waals surface area contributed by atoms with Crippen molar-refractivity contribution in [1.82, 2.24) is 43.9 Å². The largest absolute Gasteiger partial charge is 0.513 e. The Bertz CT molecular complexity index is 5570. The van der Waals surface area contributed by atoms with Gasteiger partial charge in [-0.15, -0.1) is 0 Å². The van der Waals surface area contributed by atoms with Crippen molar-refractivity contribution in [2.24, 2.45) is 0 Å². The van der Waals surface area contributed by atoms with Crippen LogP contribution in [0.3, 0.4) is 0 Å². The smallest absolute Gasteiger partial charge is 0.462 e. The van der Waals surface area contributed by atoms with Gasteiger partial charge in [0.2, 0.25) is 0 Å². The molecule has 0 saturated carbocycles. The average Bonchev–Trinajstić information content (AvgIpc) is 1.59. The topological polar surface area (TPSA) is 516 Å². The summed E-state index contributed by atoms with van der Waals surface area (Å²) in [5.74, 6) is -1.35. The number of aromatic nitrogens is 6. The first-order chi connectivity index (χ1) is 61.1. The van der Waals surface area contributed by atoms with E-state index in [9.17, 15) is 77.2 Å². The molecule has 3 fully saturated rings. The molecule has 3 aromatic heterocycles. The molecule has 3 aliphatic heterocycles. The number of para-hydroxylation sites is 3. The summed E-state index contributed by atoms with van der Waals surface area (Å²) in [5, 5.41) is 38.1. The second kappa shape index (κ2) is 45.1. The van der Waals surface area contributed by atoms with Crippen molar-refractivity contribution >= 4 is 63.5 Å². The number of rotatable bonds is 35. The molecule has 0 amide bonds. The maximum atomic E-state index is 16.8. The first-order valence-electron chi connectivity index (χ1n) is 41.9. The van der Waals surface area contributed by atoms with Crippen LogP contribution in [-0.2, 0) is 74.4 Å². The van der Waals surface area contributed by atoms with Gasteiger partial charge in [-0.2, -0.15) is 15.3 Å². The maximum absolute atomic E-state index is 16.8. The molecule has 132 heavy (non-hydrogen) atoms. The number of non-ortho nitro benzene ring substituents is 1. The minimum absolute atomic E-state index is 0.0711. The van der Waals surface area contributed by atoms with Gasteiger partial charge in [0.15, 0.2) is 52.3 Å². The normalized spacial score (nSPS) is 24.1. The summed E-state index contributed by atoms with van der Waals surface area (Å²) < 4.78 is 170. The summed E-state index contributed by atoms with van der Waals surface area (Å²) in [6, 6.07) is 29.4. The molecule has 6 heterocycles. The molecule has 10 rings (SSSR count). The van der Waals surface area contributed by atoms with E-state index in [4.69, 9.17) is 64.4 Å². The number of esters is 3. The third-order valence-electron chi connectivity index (χ3n) is 21.2. The fourth-order valence-electron chi connectivity index (χ4n) is 12.3. The number of hydrogen-bond acceptors (Lipinski definition) is 30. The quantitative estimate of drug-likeness (QED) is 0.00457. The maximum Gasteiger partial charge on any atom is 0.513 e. The number of H-pyrrole nitrogens is 3. The molecule has 0 bridgehead atoms. The fourth-order valence-corrected chi connectivity index (χ4v) is 19.6. The Balaban J connectivity index is 0.000000246. The van der Waals surface area contributed by atoms with E-state index >= 15 is 13.2 Å². The second-order valence-corrected chi connectivity index (χ2v) is 50.0. The zero-order valence-corrected chi connectivity index (χ0v) is 82.0. The van der Waals surface area contributed by atoms with Crippen LogP contribution in [0, 0.1) is 10.1 Å². The summed E-state index contributed by atoms with van der Waals surface area (Å²) in [6.07, 6.45) is -9.84. The van der Waals surface area contributed by atoms with Crippen molar-refractivity contribution in [3.63, 3.8) is 0 Å². The van der Waals surface area contributed by atoms with Crippen LogP contribution >= 0.6 is 23.2 Å². The van der Waals surface area contributed by atoms with Crippen LogP contribution in [0.25, 0.3) is 0 Å². The van der Waals surface area contributed by atoms with E-state index in [0.29, 0.717) is 0 Å². The predicted octanol–water partition coefficient (Wildman–Crippen LogP) is 12.0. The molecular weight excluding hydrogens is 1840 g/mol. The Morgan fingerprint density at radius 1 is 0.470 bits per heavy atom. The Hall–Kier alpha value is -9.64. The molecule has 18 atom stereocenters. The van der Waals surface area contributed by atoms with Gasteiger partial charge in [-0.05, 0) is 168 Å². The monoisotopic (exact) mass is 1950 g/mol. The van der Waals surface area contributed by atoms with E-state index in [1.807, 2.05) is 72.7 Å². The van der Waals surface area contributed by atoms with Crippen LogP contribution in [0.2, 0.25) is 36.3 Å². The molecule has 0 spiro atoms. The summed E-state index contributed by atoms with van der Waals surface area (Å²) in [6.45, 7) is 36.2. The molecular formula is C84H120F3N10O30P3Si2. The van der Waals surface area contributed by atoms with Crippen LogP contribution in [0.4, 0.5) is 18.9 Å². The van der Waals surface area contributed by atoms with Crippen LogP contribution in [-0.4, -0.2) is 188 Å². The number of nitro benzene ring substituents is 1. The van der Waals surface area contributed by atoms with E-state index in [1.54, 1.807) is 120 Å². The third-order valence-corrected chi connectivity index (χ3v) is 35.0. The highest BCUT2D eigenvalue weighted by Crippen LogP contribution is 2.53. The number of carbonyl (C=O) groups excluding carboxylic acids is 3. The predicted molar refractivity (Wildman–Crippen MR) is 483 cm³/mol. The fraction of sp³-hybridized carbons (Fsp3) is 0.536. The molecule has 4 aromatic carbocycles. The molecule has 3 aliphatic rings. The van der Waals surface area contributed by atoms with E-state index in [0.717, 1.165) is 51.2 Å². The number of halogens is 3. The molecule has 730 valence electrons. The van der Waals surface area contributed by atoms with Gasteiger partial charge >= 0.3 is 58.2 Å². The van der Waals surface area contributed by atoms with Gasteiger partial charge in [0.1, 0.15) is 77.7 Å². The number of benzene rings is 4. The highest BCUT2D eigenvalue weighted by Gasteiger charge is 2.62. The standard InChI is InChI=1S/C28H43FN3O9PSi.C22H29FN3O9P.C18H21N2O7P.C16H27FN2O5Si/c1-18(2)38-24(34)19(3)31-42(36,40-20-13-11-10-12-14-20)37-17-21-23(41-43(8,9)27(4,5)6)28(7,29)25(39-21)32-16-15-22(33)30-26(32)35;1-13(2)33-19(29)14(3)25-36(31,35-15-8-6-5-7-9-15)32-12-16-18(28)22(4,23)20(34-16)26-11-10-17(27)24-21(26)30;1-13(2)25-18(21)14(3)19-28(24,26-16-7-5-4-6-8-16)27-17-11-9-15(10-12-17)20(22)23;1-15(2,3)25(5,6)24-12-10(9-20)23-13(16(12,4)17)19-8-7-11(21)18-14(19)22/h10-16,18-19,21,23,25H,17H2,1-9H3,(H,31,36)(H,30,33,35);5-11,13-14,16,18,20,28H,12H2,1-4H3,(H,25,31)(H,24,27,30);4-14H,1-3H3,(H,19,24);7-8,10,12-13,20H,9H2,1-6H3,(H,18,21,22)/t19-,21+,23+,25+,28+,42+;14-,16+,18+,20+,22+,36+;14-,28-;10-,12-,13-,16-/m0001/s1. The number of aliphatic hydroxyl groups is 2. The Labute approximate surface area is 761 Å². The zero-order chi connectivity index (χ0) is 99.0. The van der Waals surface area contributed by atoms with Crippen molar-refractivity contribution in [1.29, 1.82) is 0 Å². The molecule has 7 aromatic rings. The van der Waals surface area contributed by atoms with Crippen molar-refractivity contribution in [2.75, 3.05) is 19.8 Å². The summed E-state index contributed by atoms with van der Waals surface area (Å²) in [4.78, 5) is 124. The lowest BCUT2D eigenvalue weighted by Crippen LogP contribution is -2.53. The number of ether oxygens (including phenoxy) is 6. The molecule has 3 saturated heterocycles. The number of nitrogens with one attached hydrogen (secondary N) is 6. The third kappa shape index (κ3) is 29.7. The van der Waals surface area contributed by atoms with Gasteiger partial charge in [0.05, 0.1) is 43.1 Å². The zero-order valence-electron chi connectivity index (χ0n) is 77.3. The lowest BCUT2D eigenvalue weighted by atomic mass is 9.98. The molecule has 0 aliphatic carbocycles. The SMILES string of the molecule is CC(C)(C)[Si](C)(C)O[C@@H]1[C@@H](CO)O[C@@H](n2ccc(=O)[nH]c2=O)[C@]1(C)F.CC(C)OC(=O)[C@H](C)N[P@@](=O)(OC[C@H]1O[C@@H](n2ccc(=O)[nH]c2=O)[C@](C)(F)[C@@H]1O)Oc1ccccc1.CC(C)OC(=O)[C@H](C)N[P@@](=O)(OC[C@H]1O[C@@H](n2ccc(=O)[nH]c2=O)[C@](C)(F)[C@@H]1O[Si](C)(C)C(C)(C)C)Oc1ccccc1.CC(C)OC(=O)[C@H](C)N[P@](=O)(Oc1ccccc1)Oc1ccc([N+](=O)[O-])cc1. The number of carbonyl (C=O) groups is 3. The van der Waals surface area contributed by atoms with Crippen LogP contribution < -0.4 is 67.1 Å². The Kier molecular flexibility index (Phi) is 37.4. The van der Waals surface area contributed by atoms with Crippen LogP contribution in [0.1, 0.15) is 143 Å². The summed E-state index contributed by atoms with van der Waals surface area (Å²) in [5.41, 5.74) is -11.5. The molecule has 0 unspecified atom stereocenters. The van der Waals surface area contributed by atoms with E-state index in [2.05, 4.69) is 25.2 Å². The van der Waals surface area contributed by atoms with Gasteiger partial charge in [-0.3, -0.25) is 76.6 Å². The minimum Gasteiger partial charge on any atom is -0.462 e. The first-order valence-corrected chi connectivity index (χ1v) is 52.4. The molecule has 40 nitrogen and oxygen atoms in total. The van der Waals surface area contributed by atoms with Gasteiger partial charge in [-0.1, -0.05) is 96.1 Å². The summed E-state index contributed by atoms with van der Waals surface area (Å²) >= 11 is 0. The Morgan fingerprint density at radius 3 is 1.05 bits per heavy atom. The first kappa shape index (κ1) is 109. The lowest BCUT2D eigenvalue weighted by molar-refractivity contribution is -0.384. The van der Waals surface area contributed by atoms with Crippen molar-refractivity contribution in [3.05, 3.63) is 225 Å². The van der Waals surface area contributed by atoms with Crippen molar-refractivity contribution in [2.45, 2.75) is 270 Å². The van der Waals surface area contributed by atoms with Gasteiger partial charge < -0.3 is 65.6 Å². The van der Waals surface area contributed by atoms with Gasteiger partial charge in [-0.25, -0.2) is 41.3 Å². The number of hydrogen-bond donors (Lipinski definition) is 8. The lowest BCUT2D eigenvalue weighted by Gasteiger charge is -2.41. The van der Waals surface area contributed by atoms with E-state index in [-0.39, 0.29) is 44.9 Å². The highest BCUT2D eigenvalue weighted by molar-refractivity contribution is 7.53. The molecule has 8 N–H and O–H groups in total. The number of nitrogens with zero attached hydrogens (tertiary/aromatic N) is 4. The average molecular weight is 1960 g/mol. The second-order valence-electron chi connectivity index (χ2n) is 35.5. The number of aliphatic hydroxyl groups excluding tert-OH is 2. The van der Waals surface area contributed by atoms with E-state index < -0.39 is 219 Å². The van der Waals surface area contributed by atoms with Crippen molar-refractivity contribution < 1.29 is 121 Å².